The number of benzene rings is 2. The van der Waals surface area contributed by atoms with Crippen molar-refractivity contribution in [3.63, 3.8) is 0 Å². The number of ether oxygens (including phenoxy) is 3. The molecule has 0 aliphatic rings. The lowest BCUT2D eigenvalue weighted by Crippen LogP contribution is -2.39. The molecule has 2 aromatic carbocycles. The third kappa shape index (κ3) is 6.23. The monoisotopic (exact) mass is 503 g/mol. The Bertz CT molecular complexity index is 1040. The quantitative estimate of drug-likeness (QED) is 0.408. The molecule has 0 N–H and O–H groups in total. The molecule has 1 aromatic heterocycles. The Labute approximate surface area is 195 Å². The van der Waals surface area contributed by atoms with Gasteiger partial charge in [0.1, 0.15) is 12.3 Å². The van der Waals surface area contributed by atoms with Crippen LogP contribution in [0.4, 0.5) is 0 Å². The number of carbonyl (C=O) groups excluding carboxylic acids is 1. The van der Waals surface area contributed by atoms with Gasteiger partial charge in [0.15, 0.2) is 23.9 Å². The van der Waals surface area contributed by atoms with Gasteiger partial charge in [-0.15, -0.1) is 0 Å². The van der Waals surface area contributed by atoms with Gasteiger partial charge >= 0.3 is 0 Å². The topological polar surface area (TPSA) is 86.9 Å². The minimum Gasteiger partial charge on any atom is -0.493 e. The highest BCUT2D eigenvalue weighted by atomic mass is 79.9. The van der Waals surface area contributed by atoms with Crippen LogP contribution >= 0.6 is 15.9 Å². The van der Waals surface area contributed by atoms with Crippen LogP contribution in [0.2, 0.25) is 0 Å². The fraction of sp³-hybridized carbons (Fsp3) is 0.348. The van der Waals surface area contributed by atoms with E-state index < -0.39 is 0 Å². The average Bonchev–Trinajstić information content (AvgIpc) is 3.23. The van der Waals surface area contributed by atoms with Crippen LogP contribution in [-0.2, 0) is 17.8 Å². The third-order valence-corrected chi connectivity index (χ3v) is 5.27. The number of hydrogen-bond acceptors (Lipinski definition) is 7. The van der Waals surface area contributed by atoms with E-state index >= 15 is 0 Å². The molecule has 0 fully saturated rings. The van der Waals surface area contributed by atoms with E-state index in [1.165, 1.54) is 0 Å². The number of halogens is 1. The first-order chi connectivity index (χ1) is 15.4. The molecule has 170 valence electrons. The summed E-state index contributed by atoms with van der Waals surface area (Å²) < 4.78 is 22.5. The molecule has 0 aliphatic heterocycles. The summed E-state index contributed by atoms with van der Waals surface area (Å²) in [6, 6.07) is 12.9. The van der Waals surface area contributed by atoms with Crippen LogP contribution in [0.15, 0.2) is 51.5 Å². The lowest BCUT2D eigenvalue weighted by molar-refractivity contribution is -0.136. The smallest absolute Gasteiger partial charge is 0.261 e. The van der Waals surface area contributed by atoms with E-state index in [1.807, 2.05) is 44.2 Å². The molecule has 1 heterocycles. The molecule has 0 atom stereocenters. The van der Waals surface area contributed by atoms with Gasteiger partial charge in [0.25, 0.3) is 5.91 Å². The Kier molecular flexibility index (Phi) is 8.10. The highest BCUT2D eigenvalue weighted by Crippen LogP contribution is 2.28. The van der Waals surface area contributed by atoms with Crippen molar-refractivity contribution in [1.29, 1.82) is 0 Å². The van der Waals surface area contributed by atoms with Crippen LogP contribution in [-0.4, -0.2) is 47.8 Å². The largest absolute Gasteiger partial charge is 0.493 e. The number of methoxy groups -OCH3 is 2. The van der Waals surface area contributed by atoms with Crippen molar-refractivity contribution in [2.45, 2.75) is 32.9 Å². The van der Waals surface area contributed by atoms with Gasteiger partial charge in [-0.1, -0.05) is 27.2 Å². The van der Waals surface area contributed by atoms with Crippen molar-refractivity contribution >= 4 is 21.8 Å². The van der Waals surface area contributed by atoms with E-state index in [-0.39, 0.29) is 25.1 Å². The molecule has 3 aromatic rings. The number of nitrogens with zero attached hydrogens (tertiary/aromatic N) is 3. The zero-order valence-corrected chi connectivity index (χ0v) is 20.1. The molecular formula is C23H26BrN3O5. The Morgan fingerprint density at radius 2 is 1.81 bits per heavy atom. The number of carbonyl (C=O) groups is 1. The van der Waals surface area contributed by atoms with Crippen molar-refractivity contribution in [3.8, 4) is 17.2 Å². The molecule has 9 heteroatoms. The average molecular weight is 504 g/mol. The molecule has 1 amide bonds. The summed E-state index contributed by atoms with van der Waals surface area (Å²) in [5.41, 5.74) is 0.953. The maximum atomic E-state index is 12.7. The highest BCUT2D eigenvalue weighted by molar-refractivity contribution is 9.10. The summed E-state index contributed by atoms with van der Waals surface area (Å²) in [5, 5.41) is 4.05. The second-order valence-corrected chi connectivity index (χ2v) is 8.24. The minimum atomic E-state index is -0.164. The summed E-state index contributed by atoms with van der Waals surface area (Å²) >= 11 is 3.38. The van der Waals surface area contributed by atoms with Gasteiger partial charge in [-0.3, -0.25) is 4.79 Å². The van der Waals surface area contributed by atoms with Gasteiger partial charge in [0.2, 0.25) is 5.89 Å². The number of aromatic nitrogens is 2. The molecule has 32 heavy (non-hydrogen) atoms. The Hall–Kier alpha value is -3.07. The van der Waals surface area contributed by atoms with Crippen LogP contribution in [0.5, 0.6) is 17.2 Å². The van der Waals surface area contributed by atoms with Crippen LogP contribution in [0.25, 0.3) is 0 Å². The Balaban J connectivity index is 1.62. The molecular weight excluding hydrogens is 478 g/mol. The van der Waals surface area contributed by atoms with Crippen LogP contribution in [0.3, 0.4) is 0 Å². The van der Waals surface area contributed by atoms with Crippen molar-refractivity contribution in [1.82, 2.24) is 15.0 Å². The van der Waals surface area contributed by atoms with E-state index in [2.05, 4.69) is 26.1 Å². The molecule has 0 saturated heterocycles. The van der Waals surface area contributed by atoms with Gasteiger partial charge in [-0.2, -0.15) is 4.98 Å². The van der Waals surface area contributed by atoms with Gasteiger partial charge in [-0.25, -0.2) is 0 Å². The second-order valence-electron chi connectivity index (χ2n) is 7.33. The Morgan fingerprint density at radius 3 is 2.47 bits per heavy atom. The molecule has 0 saturated carbocycles. The van der Waals surface area contributed by atoms with Crippen LogP contribution in [0, 0.1) is 0 Å². The molecule has 0 radical (unpaired) electrons. The molecule has 0 unspecified atom stereocenters. The van der Waals surface area contributed by atoms with E-state index in [9.17, 15) is 4.79 Å². The van der Waals surface area contributed by atoms with E-state index in [1.54, 1.807) is 31.3 Å². The summed E-state index contributed by atoms with van der Waals surface area (Å²) in [6.45, 7) is 3.99. The third-order valence-electron chi connectivity index (χ3n) is 4.75. The highest BCUT2D eigenvalue weighted by Gasteiger charge is 2.21. The number of rotatable bonds is 10. The van der Waals surface area contributed by atoms with Crippen LogP contribution < -0.4 is 14.2 Å². The normalized spacial score (nSPS) is 10.8. The first-order valence-corrected chi connectivity index (χ1v) is 10.9. The molecule has 0 bridgehead atoms. The molecule has 0 spiro atoms. The minimum absolute atomic E-state index is 0.0581. The Morgan fingerprint density at radius 1 is 1.09 bits per heavy atom. The van der Waals surface area contributed by atoms with Gasteiger partial charge in [0.05, 0.1) is 14.2 Å². The zero-order chi connectivity index (χ0) is 23.1. The summed E-state index contributed by atoms with van der Waals surface area (Å²) in [5.74, 6) is 2.64. The second kappa shape index (κ2) is 11.0. The van der Waals surface area contributed by atoms with E-state index in [4.69, 9.17) is 18.7 Å². The molecule has 3 rings (SSSR count). The van der Waals surface area contributed by atoms with Crippen molar-refractivity contribution in [3.05, 3.63) is 64.2 Å². The van der Waals surface area contributed by atoms with E-state index in [0.717, 1.165) is 10.0 Å². The lowest BCUT2D eigenvalue weighted by Gasteiger charge is -2.25. The standard InChI is InChI=1S/C23H26BrN3O5/c1-15(2)27(23(28)14-31-18-8-6-17(24)7-9-18)13-22-25-21(26-32-22)12-16-5-10-19(29-3)20(11-16)30-4/h5-11,15H,12-14H2,1-4H3. The van der Waals surface area contributed by atoms with E-state index in [0.29, 0.717) is 35.4 Å². The first kappa shape index (κ1) is 23.6. The maximum absolute atomic E-state index is 12.7. The predicted molar refractivity (Wildman–Crippen MR) is 122 cm³/mol. The van der Waals surface area contributed by atoms with Gasteiger partial charge in [0, 0.05) is 16.9 Å². The SMILES string of the molecule is COc1ccc(Cc2noc(CN(C(=O)COc3ccc(Br)cc3)C(C)C)n2)cc1OC. The lowest BCUT2D eigenvalue weighted by atomic mass is 10.1. The maximum Gasteiger partial charge on any atom is 0.261 e. The molecule has 0 aliphatic carbocycles. The van der Waals surface area contributed by atoms with Crippen molar-refractivity contribution in [2.24, 2.45) is 0 Å². The predicted octanol–water partition coefficient (Wildman–Crippen LogP) is 4.26. The van der Waals surface area contributed by atoms with Crippen LogP contribution in [0.1, 0.15) is 31.1 Å². The summed E-state index contributed by atoms with van der Waals surface area (Å²) in [6.07, 6.45) is 0.464. The van der Waals surface area contributed by atoms with Crippen molar-refractivity contribution in [2.75, 3.05) is 20.8 Å². The van der Waals surface area contributed by atoms with Crippen molar-refractivity contribution < 1.29 is 23.5 Å². The zero-order valence-electron chi connectivity index (χ0n) is 18.5. The summed E-state index contributed by atoms with van der Waals surface area (Å²) in [4.78, 5) is 18.8. The fourth-order valence-electron chi connectivity index (χ4n) is 3.06. The van der Waals surface area contributed by atoms with Gasteiger partial charge < -0.3 is 23.6 Å². The molecule has 8 nitrogen and oxygen atoms in total. The number of hydrogen-bond donors (Lipinski definition) is 0. The first-order valence-electron chi connectivity index (χ1n) is 10.1. The van der Waals surface area contributed by atoms with Gasteiger partial charge in [-0.05, 0) is 55.8 Å². The fourth-order valence-corrected chi connectivity index (χ4v) is 3.33. The number of amides is 1. The summed E-state index contributed by atoms with van der Waals surface area (Å²) in [7, 11) is 3.18.